The van der Waals surface area contributed by atoms with Gasteiger partial charge in [-0.25, -0.2) is 0 Å². The molecular formula is C16H32N4O4Ti. The van der Waals surface area contributed by atoms with E-state index in [-0.39, 0.29) is 45.4 Å². The third-order valence-electron chi connectivity index (χ3n) is 2.10. The fourth-order valence-electron chi connectivity index (χ4n) is 0. The Morgan fingerprint density at radius 3 is 0.480 bits per heavy atom. The van der Waals surface area contributed by atoms with E-state index in [1.165, 1.54) is 0 Å². The molecule has 0 saturated heterocycles. The van der Waals surface area contributed by atoms with Crippen LogP contribution >= 0.6 is 0 Å². The molecule has 8 nitrogen and oxygen atoms in total. The van der Waals surface area contributed by atoms with Gasteiger partial charge < -0.3 is 42.1 Å². The Kier molecular flexibility index (Phi) is 28.8. The van der Waals surface area contributed by atoms with Gasteiger partial charge in [-0.3, -0.25) is 0 Å². The third-order valence-corrected chi connectivity index (χ3v) is 2.10. The van der Waals surface area contributed by atoms with Gasteiger partial charge in [0.05, 0.1) is 23.6 Å². The van der Waals surface area contributed by atoms with Gasteiger partial charge in [0.15, 0.2) is 0 Å². The van der Waals surface area contributed by atoms with Crippen molar-refractivity contribution in [2.75, 3.05) is 0 Å². The number of amides is 4. The van der Waals surface area contributed by atoms with Gasteiger partial charge in [0, 0.05) is 0 Å². The summed E-state index contributed by atoms with van der Waals surface area (Å²) in [7, 11) is 0. The Morgan fingerprint density at radius 1 is 0.440 bits per heavy atom. The van der Waals surface area contributed by atoms with Crippen LogP contribution in [0.3, 0.4) is 0 Å². The molecule has 4 N–H and O–H groups in total. The topological polar surface area (TPSA) is 163 Å². The van der Waals surface area contributed by atoms with E-state index < -0.39 is 23.6 Å². The monoisotopic (exact) mass is 392 g/mol. The molecule has 0 saturated carbocycles. The summed E-state index contributed by atoms with van der Waals surface area (Å²) in [6.07, 6.45) is 0. The molecule has 9 heteroatoms. The molecule has 0 aromatic carbocycles. The SMILES string of the molecule is CC(C)C([NH-])=O.CC(C)C([NH-])=O.CC(C)C([NH-])=O.CC(C)C([NH-])=O.[Ti+4]. The summed E-state index contributed by atoms with van der Waals surface area (Å²) in [5, 5.41) is 0. The van der Waals surface area contributed by atoms with Crippen LogP contribution in [0.15, 0.2) is 0 Å². The first-order valence-corrected chi connectivity index (χ1v) is 7.59. The predicted molar refractivity (Wildman–Crippen MR) is 96.7 cm³/mol. The average Bonchev–Trinajstić information content (AvgIpc) is 2.40. The maximum Gasteiger partial charge on any atom is 4.00 e. The second-order valence-corrected chi connectivity index (χ2v) is 6.08. The van der Waals surface area contributed by atoms with E-state index in [1.807, 2.05) is 0 Å². The summed E-state index contributed by atoms with van der Waals surface area (Å²) < 4.78 is 0. The summed E-state index contributed by atoms with van der Waals surface area (Å²) in [5.41, 5.74) is 25.6. The minimum atomic E-state index is -0.491. The average molecular weight is 392 g/mol. The third kappa shape index (κ3) is 45.0. The first kappa shape index (κ1) is 34.8. The first-order chi connectivity index (χ1) is 10.6. The number of carbonyl (C=O) groups excluding carboxylic acids is 4. The van der Waals surface area contributed by atoms with Crippen molar-refractivity contribution in [1.82, 2.24) is 0 Å². The number of carbonyl (C=O) groups is 4. The smallest absolute Gasteiger partial charge is 0.668 e. The summed E-state index contributed by atoms with van der Waals surface area (Å²) in [5.74, 6) is -2.44. The maximum atomic E-state index is 9.81. The fraction of sp³-hybridized carbons (Fsp3) is 0.750. The summed E-state index contributed by atoms with van der Waals surface area (Å²) in [6, 6.07) is 0. The number of hydrogen-bond acceptors (Lipinski definition) is 4. The zero-order valence-corrected chi connectivity index (χ0v) is 18.0. The van der Waals surface area contributed by atoms with Crippen LogP contribution in [0.5, 0.6) is 0 Å². The van der Waals surface area contributed by atoms with Crippen molar-refractivity contribution in [2.45, 2.75) is 55.4 Å². The molecule has 0 aromatic rings. The van der Waals surface area contributed by atoms with Gasteiger partial charge in [-0.05, 0) is 23.7 Å². The van der Waals surface area contributed by atoms with E-state index in [1.54, 1.807) is 55.4 Å². The van der Waals surface area contributed by atoms with Crippen LogP contribution in [-0.2, 0) is 40.9 Å². The zero-order valence-electron chi connectivity index (χ0n) is 16.4. The molecule has 144 valence electrons. The number of nitrogens with one attached hydrogen (secondary N) is 4. The van der Waals surface area contributed by atoms with Gasteiger partial charge in [0.25, 0.3) is 0 Å². The molecule has 0 bridgehead atoms. The number of hydrogen-bond donors (Lipinski definition) is 0. The summed E-state index contributed by atoms with van der Waals surface area (Å²) >= 11 is 0. The van der Waals surface area contributed by atoms with Gasteiger partial charge in [-0.15, -0.1) is 0 Å². The van der Waals surface area contributed by atoms with Crippen molar-refractivity contribution in [3.05, 3.63) is 22.9 Å². The second kappa shape index (κ2) is 20.6. The molecule has 0 fully saturated rings. The molecule has 0 aliphatic carbocycles. The molecule has 4 amide bonds. The van der Waals surface area contributed by atoms with Gasteiger partial charge in [-0.1, -0.05) is 55.4 Å². The fourth-order valence-corrected chi connectivity index (χ4v) is 0. The van der Waals surface area contributed by atoms with Crippen molar-refractivity contribution in [3.63, 3.8) is 0 Å². The van der Waals surface area contributed by atoms with Crippen LogP contribution in [0.4, 0.5) is 0 Å². The van der Waals surface area contributed by atoms with E-state index in [4.69, 9.17) is 22.9 Å². The molecule has 0 aliphatic heterocycles. The minimum Gasteiger partial charge on any atom is -0.668 e. The van der Waals surface area contributed by atoms with Crippen molar-refractivity contribution >= 4 is 23.6 Å². The summed E-state index contributed by atoms with van der Waals surface area (Å²) in [6.45, 7) is 13.6. The number of rotatable bonds is 4. The maximum absolute atomic E-state index is 9.81. The minimum absolute atomic E-state index is 0. The molecular weight excluding hydrogens is 360 g/mol. The Bertz CT molecular complexity index is 312. The zero-order chi connectivity index (χ0) is 20.6. The predicted octanol–water partition coefficient (Wildman–Crippen LogP) is 4.88. The van der Waals surface area contributed by atoms with Gasteiger partial charge in [-0.2, -0.15) is 0 Å². The van der Waals surface area contributed by atoms with Gasteiger partial charge in [0.2, 0.25) is 0 Å². The van der Waals surface area contributed by atoms with Crippen molar-refractivity contribution < 1.29 is 40.9 Å². The van der Waals surface area contributed by atoms with Crippen LogP contribution in [0, 0.1) is 23.7 Å². The normalized spacial score (nSPS) is 8.80. The Balaban J connectivity index is -0.0000000702. The Labute approximate surface area is 166 Å². The molecule has 0 spiro atoms. The molecule has 0 radical (unpaired) electrons. The van der Waals surface area contributed by atoms with Crippen molar-refractivity contribution in [2.24, 2.45) is 23.7 Å². The van der Waals surface area contributed by atoms with Crippen LogP contribution in [0.1, 0.15) is 55.4 Å². The van der Waals surface area contributed by atoms with Crippen LogP contribution < -0.4 is 0 Å². The Hall–Kier alpha value is -1.41. The quantitative estimate of drug-likeness (QED) is 0.623. The van der Waals surface area contributed by atoms with E-state index in [0.29, 0.717) is 0 Å². The van der Waals surface area contributed by atoms with E-state index >= 15 is 0 Å². The molecule has 0 heterocycles. The Morgan fingerprint density at radius 2 is 0.480 bits per heavy atom. The standard InChI is InChI=1S/4C4H9NO.Ti/c4*1-3(2)4(5)6;/h4*3H,1-2H3,(H2,5,6);/q;;;;+4/p-4. The molecule has 0 atom stereocenters. The molecule has 25 heavy (non-hydrogen) atoms. The van der Waals surface area contributed by atoms with Crippen LogP contribution in [-0.4, -0.2) is 23.6 Å². The van der Waals surface area contributed by atoms with Crippen molar-refractivity contribution in [1.29, 1.82) is 0 Å². The second-order valence-electron chi connectivity index (χ2n) is 6.08. The van der Waals surface area contributed by atoms with E-state index in [0.717, 1.165) is 0 Å². The van der Waals surface area contributed by atoms with Gasteiger partial charge in [0.1, 0.15) is 0 Å². The largest absolute Gasteiger partial charge is 4.00 e. The molecule has 0 aliphatic rings. The van der Waals surface area contributed by atoms with E-state index in [9.17, 15) is 19.2 Å². The molecule has 0 unspecified atom stereocenters. The van der Waals surface area contributed by atoms with Gasteiger partial charge >= 0.3 is 21.7 Å². The molecule has 0 rings (SSSR count). The van der Waals surface area contributed by atoms with Crippen LogP contribution in [0.25, 0.3) is 22.9 Å². The first-order valence-electron chi connectivity index (χ1n) is 7.59. The molecule has 0 aromatic heterocycles. The van der Waals surface area contributed by atoms with E-state index in [2.05, 4.69) is 0 Å². The van der Waals surface area contributed by atoms with Crippen molar-refractivity contribution in [3.8, 4) is 0 Å². The summed E-state index contributed by atoms with van der Waals surface area (Å²) in [4.78, 5) is 39.2. The van der Waals surface area contributed by atoms with Crippen LogP contribution in [0.2, 0.25) is 0 Å².